The maximum absolute atomic E-state index is 12.5. The number of carbonyl (C=O) groups is 1. The van der Waals surface area contributed by atoms with Crippen LogP contribution in [0.2, 0.25) is 0 Å². The minimum Gasteiger partial charge on any atom is -0.466 e. The van der Waals surface area contributed by atoms with Gasteiger partial charge in [0.1, 0.15) is 16.9 Å². The van der Waals surface area contributed by atoms with Gasteiger partial charge >= 0.3 is 0 Å². The molecule has 8 heteroatoms. The average molecular weight is 347 g/mol. The van der Waals surface area contributed by atoms with Crippen LogP contribution in [0.3, 0.4) is 0 Å². The van der Waals surface area contributed by atoms with Gasteiger partial charge in [-0.15, -0.1) is 11.3 Å². The van der Waals surface area contributed by atoms with E-state index in [1.165, 1.54) is 35.1 Å². The Balaban J connectivity index is 1.86. The predicted molar refractivity (Wildman–Crippen MR) is 89.4 cm³/mol. The Morgan fingerprint density at radius 1 is 1.50 bits per heavy atom. The molecule has 0 aromatic carbocycles. The van der Waals surface area contributed by atoms with Crippen molar-refractivity contribution in [1.82, 2.24) is 14.7 Å². The molecular formula is C16H17N3O4S. The number of nitrogens with zero attached hydrogens (tertiary/aromatic N) is 2. The lowest BCUT2D eigenvalue weighted by molar-refractivity contribution is 0.0330. The van der Waals surface area contributed by atoms with Crippen LogP contribution in [-0.2, 0) is 5.60 Å². The summed E-state index contributed by atoms with van der Waals surface area (Å²) in [4.78, 5) is 30.6. The van der Waals surface area contributed by atoms with E-state index >= 15 is 0 Å². The second-order valence-corrected chi connectivity index (χ2v) is 6.95. The summed E-state index contributed by atoms with van der Waals surface area (Å²) in [6, 6.07) is 3.27. The SMILES string of the molecule is Cc1sc2ncc(C(=O)NCC(C)(O)c3ccco3)c(=O)n2c1C. The van der Waals surface area contributed by atoms with Gasteiger partial charge in [-0.05, 0) is 32.9 Å². The first-order valence-corrected chi connectivity index (χ1v) is 8.15. The van der Waals surface area contributed by atoms with Gasteiger partial charge in [0.25, 0.3) is 11.5 Å². The molecule has 0 saturated carbocycles. The normalized spacial score (nSPS) is 13.8. The first kappa shape index (κ1) is 16.4. The molecule has 0 aliphatic carbocycles. The Morgan fingerprint density at radius 2 is 2.25 bits per heavy atom. The second kappa shape index (κ2) is 5.88. The summed E-state index contributed by atoms with van der Waals surface area (Å²) in [5, 5.41) is 12.9. The minimum atomic E-state index is -1.37. The fourth-order valence-electron chi connectivity index (χ4n) is 2.35. The summed E-state index contributed by atoms with van der Waals surface area (Å²) in [5.74, 6) is -0.255. The minimum absolute atomic E-state index is 0.0661. The molecule has 0 spiro atoms. The molecule has 3 aromatic rings. The van der Waals surface area contributed by atoms with Gasteiger partial charge in [0.05, 0.1) is 12.8 Å². The van der Waals surface area contributed by atoms with Crippen LogP contribution in [0.4, 0.5) is 0 Å². The highest BCUT2D eigenvalue weighted by molar-refractivity contribution is 7.17. The van der Waals surface area contributed by atoms with Gasteiger partial charge < -0.3 is 14.8 Å². The van der Waals surface area contributed by atoms with E-state index < -0.39 is 17.1 Å². The summed E-state index contributed by atoms with van der Waals surface area (Å²) in [5.41, 5.74) is -1.09. The molecule has 0 aliphatic heterocycles. The smallest absolute Gasteiger partial charge is 0.271 e. The van der Waals surface area contributed by atoms with Crippen molar-refractivity contribution in [3.8, 4) is 0 Å². The molecule has 0 bridgehead atoms. The number of nitrogens with one attached hydrogen (secondary N) is 1. The van der Waals surface area contributed by atoms with E-state index in [1.807, 2.05) is 13.8 Å². The average Bonchev–Trinajstić information content (AvgIpc) is 3.16. The predicted octanol–water partition coefficient (Wildman–Crippen LogP) is 1.60. The number of aliphatic hydroxyl groups is 1. The highest BCUT2D eigenvalue weighted by atomic mass is 32.1. The van der Waals surface area contributed by atoms with Gasteiger partial charge in [0.15, 0.2) is 4.96 Å². The topological polar surface area (TPSA) is 96.8 Å². The Labute approximate surface area is 141 Å². The molecule has 0 radical (unpaired) electrons. The third-order valence-corrected chi connectivity index (χ3v) is 4.98. The van der Waals surface area contributed by atoms with E-state index in [2.05, 4.69) is 10.3 Å². The number of amides is 1. The zero-order valence-electron chi connectivity index (χ0n) is 13.5. The third-order valence-electron chi connectivity index (χ3n) is 3.91. The van der Waals surface area contributed by atoms with Gasteiger partial charge in [-0.2, -0.15) is 0 Å². The number of hydrogen-bond acceptors (Lipinski definition) is 6. The largest absolute Gasteiger partial charge is 0.466 e. The quantitative estimate of drug-likeness (QED) is 0.747. The van der Waals surface area contributed by atoms with Gasteiger partial charge in [-0.25, -0.2) is 4.98 Å². The van der Waals surface area contributed by atoms with Crippen LogP contribution in [0.25, 0.3) is 4.96 Å². The number of aromatic nitrogens is 2. The number of thiazole rings is 1. The number of rotatable bonds is 4. The van der Waals surface area contributed by atoms with Gasteiger partial charge in [-0.3, -0.25) is 14.0 Å². The van der Waals surface area contributed by atoms with E-state index in [9.17, 15) is 14.7 Å². The Kier molecular flexibility index (Phi) is 4.02. The van der Waals surface area contributed by atoms with Crippen LogP contribution in [-0.4, -0.2) is 26.9 Å². The summed E-state index contributed by atoms with van der Waals surface area (Å²) in [7, 11) is 0. The van der Waals surface area contributed by atoms with Crippen molar-refractivity contribution in [1.29, 1.82) is 0 Å². The Bertz CT molecular complexity index is 954. The van der Waals surface area contributed by atoms with Crippen LogP contribution in [0.5, 0.6) is 0 Å². The maximum Gasteiger partial charge on any atom is 0.271 e. The standard InChI is InChI=1S/C16H17N3O4S/c1-9-10(2)24-15-17-7-11(14(21)19(9)15)13(20)18-8-16(3,22)12-5-4-6-23-12/h4-7,22H,8H2,1-3H3,(H,18,20). The molecular weight excluding hydrogens is 330 g/mol. The van der Waals surface area contributed by atoms with Crippen LogP contribution >= 0.6 is 11.3 Å². The first-order chi connectivity index (χ1) is 11.3. The zero-order chi connectivity index (χ0) is 17.5. The van der Waals surface area contributed by atoms with Crippen molar-refractivity contribution in [3.05, 3.63) is 56.8 Å². The number of furan rings is 1. The number of hydrogen-bond donors (Lipinski definition) is 2. The molecule has 0 aliphatic rings. The summed E-state index contributed by atoms with van der Waals surface area (Å²) >= 11 is 1.40. The van der Waals surface area contributed by atoms with E-state index in [4.69, 9.17) is 4.42 Å². The number of aryl methyl sites for hydroxylation is 2. The van der Waals surface area contributed by atoms with Gasteiger partial charge in [-0.1, -0.05) is 0 Å². The van der Waals surface area contributed by atoms with Crippen molar-refractivity contribution in [3.63, 3.8) is 0 Å². The van der Waals surface area contributed by atoms with Crippen LogP contribution < -0.4 is 10.9 Å². The molecule has 7 nitrogen and oxygen atoms in total. The Hall–Kier alpha value is -2.45. The second-order valence-electron chi connectivity index (χ2n) is 5.77. The van der Waals surface area contributed by atoms with E-state index in [0.717, 1.165) is 10.6 Å². The van der Waals surface area contributed by atoms with Crippen LogP contribution in [0, 0.1) is 13.8 Å². The van der Waals surface area contributed by atoms with E-state index in [1.54, 1.807) is 12.1 Å². The molecule has 0 fully saturated rings. The highest BCUT2D eigenvalue weighted by Gasteiger charge is 2.27. The molecule has 3 aromatic heterocycles. The third kappa shape index (κ3) is 2.74. The lowest BCUT2D eigenvalue weighted by Crippen LogP contribution is -2.40. The van der Waals surface area contributed by atoms with E-state index in [-0.39, 0.29) is 12.1 Å². The summed E-state index contributed by atoms with van der Waals surface area (Å²) in [6.07, 6.45) is 2.71. The molecule has 1 amide bonds. The van der Waals surface area contributed by atoms with Crippen molar-refractivity contribution in [2.75, 3.05) is 6.54 Å². The lowest BCUT2D eigenvalue weighted by atomic mass is 10.0. The van der Waals surface area contributed by atoms with E-state index in [0.29, 0.717) is 10.7 Å². The molecule has 3 heterocycles. The molecule has 3 rings (SSSR count). The van der Waals surface area contributed by atoms with Crippen molar-refractivity contribution >= 4 is 22.2 Å². The lowest BCUT2D eigenvalue weighted by Gasteiger charge is -2.21. The number of fused-ring (bicyclic) bond motifs is 1. The van der Waals surface area contributed by atoms with Crippen molar-refractivity contribution in [2.45, 2.75) is 26.4 Å². The molecule has 2 N–H and O–H groups in total. The van der Waals surface area contributed by atoms with Crippen LogP contribution in [0.1, 0.15) is 33.6 Å². The first-order valence-electron chi connectivity index (χ1n) is 7.33. The van der Waals surface area contributed by atoms with Crippen LogP contribution in [0.15, 0.2) is 33.8 Å². The van der Waals surface area contributed by atoms with Gasteiger partial charge in [0.2, 0.25) is 0 Å². The van der Waals surface area contributed by atoms with Crippen molar-refractivity contribution < 1.29 is 14.3 Å². The summed E-state index contributed by atoms with van der Waals surface area (Å²) in [6.45, 7) is 5.13. The Morgan fingerprint density at radius 3 is 2.92 bits per heavy atom. The fourth-order valence-corrected chi connectivity index (χ4v) is 3.28. The fraction of sp³-hybridized carbons (Fsp3) is 0.312. The highest BCUT2D eigenvalue weighted by Crippen LogP contribution is 2.20. The molecule has 1 atom stereocenters. The zero-order valence-corrected chi connectivity index (χ0v) is 14.3. The molecule has 126 valence electrons. The molecule has 24 heavy (non-hydrogen) atoms. The maximum atomic E-state index is 12.5. The van der Waals surface area contributed by atoms with Crippen molar-refractivity contribution in [2.24, 2.45) is 0 Å². The monoisotopic (exact) mass is 347 g/mol. The van der Waals surface area contributed by atoms with Gasteiger partial charge in [0, 0.05) is 16.8 Å². The molecule has 1 unspecified atom stereocenters. The number of carbonyl (C=O) groups excluding carboxylic acids is 1. The summed E-state index contributed by atoms with van der Waals surface area (Å²) < 4.78 is 6.59. The molecule has 0 saturated heterocycles.